The summed E-state index contributed by atoms with van der Waals surface area (Å²) < 4.78 is 13.2. The Morgan fingerprint density at radius 3 is 2.90 bits per heavy atom. The predicted molar refractivity (Wildman–Crippen MR) is 117 cm³/mol. The standard InChI is InChI=1S/C24H22N4O3/c1-30-19-5-2-4-16(11-19)8-9-22-26-20(12-25)24(31-22)27-13-17-10-18(15-27)21-6-3-7-23(29)28(21)14-17/h2-9,11,17-18H,10,13-15H2,1H3/b9-8+. The number of methoxy groups -OCH3 is 1. The molecule has 0 amide bonds. The Bertz CT molecular complexity index is 1250. The molecular formula is C24H22N4O3. The topological polar surface area (TPSA) is 84.3 Å². The fourth-order valence-electron chi connectivity index (χ4n) is 4.66. The van der Waals surface area contributed by atoms with Crippen molar-refractivity contribution in [2.45, 2.75) is 18.9 Å². The number of pyridine rings is 1. The van der Waals surface area contributed by atoms with Gasteiger partial charge in [0, 0.05) is 43.4 Å². The summed E-state index contributed by atoms with van der Waals surface area (Å²) >= 11 is 0. The van der Waals surface area contributed by atoms with Crippen LogP contribution < -0.4 is 15.2 Å². The number of oxazole rings is 1. The van der Waals surface area contributed by atoms with Crippen LogP contribution >= 0.6 is 0 Å². The molecule has 4 heterocycles. The number of nitriles is 1. The van der Waals surface area contributed by atoms with E-state index in [1.165, 1.54) is 0 Å². The van der Waals surface area contributed by atoms with E-state index < -0.39 is 0 Å². The molecule has 2 aliphatic rings. The normalized spacial score (nSPS) is 19.8. The Labute approximate surface area is 179 Å². The van der Waals surface area contributed by atoms with Gasteiger partial charge in [0.05, 0.1) is 7.11 Å². The Hall–Kier alpha value is -3.79. The quantitative estimate of drug-likeness (QED) is 0.650. The molecule has 0 N–H and O–H groups in total. The van der Waals surface area contributed by atoms with Crippen LogP contribution in [0.4, 0.5) is 5.88 Å². The maximum atomic E-state index is 12.2. The number of benzene rings is 1. The Morgan fingerprint density at radius 1 is 1.19 bits per heavy atom. The third-order valence-corrected chi connectivity index (χ3v) is 6.01. The third kappa shape index (κ3) is 3.61. The van der Waals surface area contributed by atoms with Crippen LogP contribution in [0.3, 0.4) is 0 Å². The Kier molecular flexibility index (Phi) is 4.83. The van der Waals surface area contributed by atoms with Crippen LogP contribution in [0.25, 0.3) is 12.2 Å². The summed E-state index contributed by atoms with van der Waals surface area (Å²) in [6.45, 7) is 2.13. The van der Waals surface area contributed by atoms with Crippen LogP contribution in [-0.4, -0.2) is 29.8 Å². The molecule has 1 saturated heterocycles. The highest BCUT2D eigenvalue weighted by molar-refractivity contribution is 5.68. The lowest BCUT2D eigenvalue weighted by atomic mass is 9.83. The van der Waals surface area contributed by atoms with Crippen LogP contribution in [0.2, 0.25) is 0 Å². The number of rotatable bonds is 4. The summed E-state index contributed by atoms with van der Waals surface area (Å²) in [6.07, 6.45) is 4.68. The minimum absolute atomic E-state index is 0.0583. The molecule has 2 atom stereocenters. The monoisotopic (exact) mass is 414 g/mol. The first kappa shape index (κ1) is 19.2. The zero-order valence-corrected chi connectivity index (χ0v) is 17.2. The lowest BCUT2D eigenvalue weighted by Gasteiger charge is -2.42. The molecule has 2 unspecified atom stereocenters. The van der Waals surface area contributed by atoms with Crippen molar-refractivity contribution >= 4 is 18.0 Å². The molecule has 7 heteroatoms. The van der Waals surface area contributed by atoms with Crippen LogP contribution in [0, 0.1) is 17.2 Å². The molecule has 1 fully saturated rings. The highest BCUT2D eigenvalue weighted by Gasteiger charge is 2.36. The maximum Gasteiger partial charge on any atom is 0.250 e. The van der Waals surface area contributed by atoms with Crippen LogP contribution in [0.15, 0.2) is 51.7 Å². The van der Waals surface area contributed by atoms with Gasteiger partial charge in [-0.3, -0.25) is 4.79 Å². The summed E-state index contributed by atoms with van der Waals surface area (Å²) in [7, 11) is 1.63. The first-order valence-corrected chi connectivity index (χ1v) is 10.3. The number of fused-ring (bicyclic) bond motifs is 4. The van der Waals surface area contributed by atoms with Gasteiger partial charge in [-0.1, -0.05) is 18.2 Å². The summed E-state index contributed by atoms with van der Waals surface area (Å²) in [5.74, 6) is 2.23. The Morgan fingerprint density at radius 2 is 2.06 bits per heavy atom. The average Bonchev–Trinajstić information content (AvgIpc) is 3.22. The van der Waals surface area contributed by atoms with Crippen molar-refractivity contribution in [2.24, 2.45) is 5.92 Å². The zero-order valence-electron chi connectivity index (χ0n) is 17.2. The average molecular weight is 414 g/mol. The van der Waals surface area contributed by atoms with Gasteiger partial charge in [0.1, 0.15) is 11.8 Å². The first-order valence-electron chi connectivity index (χ1n) is 10.3. The first-order chi connectivity index (χ1) is 15.1. The van der Waals surface area contributed by atoms with Gasteiger partial charge in [0.25, 0.3) is 5.56 Å². The number of hydrogen-bond acceptors (Lipinski definition) is 6. The van der Waals surface area contributed by atoms with E-state index in [1.54, 1.807) is 19.3 Å². The molecule has 156 valence electrons. The number of anilines is 1. The van der Waals surface area contributed by atoms with Crippen molar-refractivity contribution in [3.8, 4) is 11.8 Å². The fourth-order valence-corrected chi connectivity index (χ4v) is 4.66. The molecule has 0 aliphatic carbocycles. The van der Waals surface area contributed by atoms with Crippen molar-refractivity contribution < 1.29 is 9.15 Å². The van der Waals surface area contributed by atoms with Gasteiger partial charge in [0.2, 0.25) is 17.5 Å². The van der Waals surface area contributed by atoms with Gasteiger partial charge >= 0.3 is 0 Å². The number of piperidine rings is 1. The second-order valence-electron chi connectivity index (χ2n) is 8.03. The van der Waals surface area contributed by atoms with E-state index >= 15 is 0 Å². The van der Waals surface area contributed by atoms with Gasteiger partial charge in [-0.05, 0) is 42.2 Å². The smallest absolute Gasteiger partial charge is 0.250 e. The van der Waals surface area contributed by atoms with Gasteiger partial charge in [0.15, 0.2) is 0 Å². The van der Waals surface area contributed by atoms with E-state index in [2.05, 4.69) is 16.0 Å². The molecule has 2 bridgehead atoms. The summed E-state index contributed by atoms with van der Waals surface area (Å²) in [5.41, 5.74) is 2.36. The fraction of sp³-hybridized carbons (Fsp3) is 0.292. The van der Waals surface area contributed by atoms with Crippen molar-refractivity contribution in [1.82, 2.24) is 9.55 Å². The van der Waals surface area contributed by atoms with Crippen LogP contribution in [-0.2, 0) is 6.54 Å². The molecule has 0 radical (unpaired) electrons. The van der Waals surface area contributed by atoms with Crippen molar-refractivity contribution in [2.75, 3.05) is 25.1 Å². The second-order valence-corrected chi connectivity index (χ2v) is 8.03. The molecule has 7 nitrogen and oxygen atoms in total. The molecule has 0 saturated carbocycles. The largest absolute Gasteiger partial charge is 0.497 e. The second kappa shape index (κ2) is 7.80. The van der Waals surface area contributed by atoms with Gasteiger partial charge in [-0.25, -0.2) is 0 Å². The lowest BCUT2D eigenvalue weighted by Crippen LogP contribution is -2.47. The van der Waals surface area contributed by atoms with Gasteiger partial charge in [-0.15, -0.1) is 0 Å². The van der Waals surface area contributed by atoms with Crippen LogP contribution in [0.5, 0.6) is 5.75 Å². The Balaban J connectivity index is 1.41. The van der Waals surface area contributed by atoms with E-state index in [4.69, 9.17) is 9.15 Å². The van der Waals surface area contributed by atoms with Crippen molar-refractivity contribution in [3.63, 3.8) is 0 Å². The molecule has 5 rings (SSSR count). The van der Waals surface area contributed by atoms with E-state index in [1.807, 2.05) is 47.0 Å². The van der Waals surface area contributed by atoms with E-state index in [0.29, 0.717) is 30.8 Å². The summed E-state index contributed by atoms with van der Waals surface area (Å²) in [4.78, 5) is 18.7. The molecule has 2 aliphatic heterocycles. The van der Waals surface area contributed by atoms with E-state index in [9.17, 15) is 10.1 Å². The molecule has 1 aromatic carbocycles. The van der Waals surface area contributed by atoms with Crippen molar-refractivity contribution in [1.29, 1.82) is 5.26 Å². The maximum absolute atomic E-state index is 12.2. The SMILES string of the molecule is COc1cccc(/C=C/c2nc(C#N)c(N3CC4CC(C3)c3cccc(=O)n3C4)o2)c1. The van der Waals surface area contributed by atoms with Gasteiger partial charge in [-0.2, -0.15) is 10.2 Å². The van der Waals surface area contributed by atoms with Gasteiger partial charge < -0.3 is 18.6 Å². The van der Waals surface area contributed by atoms with Crippen LogP contribution in [0.1, 0.15) is 35.2 Å². The minimum atomic E-state index is 0.0583. The number of ether oxygens (including phenoxy) is 1. The third-order valence-electron chi connectivity index (χ3n) is 6.01. The minimum Gasteiger partial charge on any atom is -0.497 e. The zero-order chi connectivity index (χ0) is 21.4. The summed E-state index contributed by atoms with van der Waals surface area (Å²) in [6, 6.07) is 15.3. The van der Waals surface area contributed by atoms with E-state index in [-0.39, 0.29) is 17.2 Å². The van der Waals surface area contributed by atoms with Crippen molar-refractivity contribution in [3.05, 3.63) is 75.7 Å². The number of aromatic nitrogens is 2. The highest BCUT2D eigenvalue weighted by Crippen LogP contribution is 2.38. The molecular weight excluding hydrogens is 392 g/mol. The lowest BCUT2D eigenvalue weighted by molar-refractivity contribution is 0.275. The molecule has 31 heavy (non-hydrogen) atoms. The summed E-state index contributed by atoms with van der Waals surface area (Å²) in [5, 5.41) is 9.63. The predicted octanol–water partition coefficient (Wildman–Crippen LogP) is 3.51. The van der Waals surface area contributed by atoms with E-state index in [0.717, 1.165) is 30.0 Å². The highest BCUT2D eigenvalue weighted by atomic mass is 16.5. The number of hydrogen-bond donors (Lipinski definition) is 0. The number of nitrogens with zero attached hydrogens (tertiary/aromatic N) is 4. The molecule has 3 aromatic rings. The molecule has 2 aromatic heterocycles. The molecule has 0 spiro atoms.